The zero-order valence-electron chi connectivity index (χ0n) is 24.7. The highest BCUT2D eigenvalue weighted by atomic mass is 16.5. The number of carbonyl (C=O) groups excluding carboxylic acids is 1. The lowest BCUT2D eigenvalue weighted by molar-refractivity contribution is 0.0926. The summed E-state index contributed by atoms with van der Waals surface area (Å²) in [5, 5.41) is 9.56. The van der Waals surface area contributed by atoms with E-state index in [4.69, 9.17) is 9.15 Å². The van der Waals surface area contributed by atoms with Gasteiger partial charge in [-0.05, 0) is 90.0 Å². The molecule has 3 aromatic rings. The highest BCUT2D eigenvalue weighted by Crippen LogP contribution is 2.46. The van der Waals surface area contributed by atoms with Crippen LogP contribution in [0.25, 0.3) is 0 Å². The Morgan fingerprint density at radius 2 is 1.70 bits per heavy atom. The number of nitrogens with zero attached hydrogens (tertiary/aromatic N) is 1. The molecule has 1 unspecified atom stereocenters. The Balaban J connectivity index is 1.12. The van der Waals surface area contributed by atoms with Crippen LogP contribution in [0.5, 0.6) is 0 Å². The number of amides is 1. The van der Waals surface area contributed by atoms with E-state index >= 15 is 0 Å². The molecule has 2 aliphatic rings. The monoisotopic (exact) mass is 544 g/mol. The molecule has 40 heavy (non-hydrogen) atoms. The second kappa shape index (κ2) is 11.7. The van der Waals surface area contributed by atoms with Crippen molar-refractivity contribution in [1.82, 2.24) is 10.3 Å². The number of fused-ring (bicyclic) bond motifs is 1. The topological polar surface area (TPSA) is 88.4 Å². The van der Waals surface area contributed by atoms with Crippen molar-refractivity contribution in [1.29, 1.82) is 0 Å². The summed E-state index contributed by atoms with van der Waals surface area (Å²) in [4.78, 5) is 17.3. The van der Waals surface area contributed by atoms with Gasteiger partial charge in [0.05, 0.1) is 6.10 Å². The van der Waals surface area contributed by atoms with Crippen LogP contribution in [0.4, 0.5) is 11.6 Å². The summed E-state index contributed by atoms with van der Waals surface area (Å²) in [6, 6.07) is 14.3. The van der Waals surface area contributed by atoms with Crippen molar-refractivity contribution in [2.75, 3.05) is 36.9 Å². The Bertz CT molecular complexity index is 1340. The molecule has 214 valence electrons. The lowest BCUT2D eigenvalue weighted by Crippen LogP contribution is -2.34. The second-order valence-electron chi connectivity index (χ2n) is 12.6. The van der Waals surface area contributed by atoms with Crippen LogP contribution in [0.3, 0.4) is 0 Å². The average molecular weight is 545 g/mol. The van der Waals surface area contributed by atoms with Crippen LogP contribution >= 0.6 is 0 Å². The number of pyridine rings is 1. The smallest absolute Gasteiger partial charge is 0.287 e. The number of aryl methyl sites for hydroxylation is 1. The van der Waals surface area contributed by atoms with E-state index < -0.39 is 0 Å². The lowest BCUT2D eigenvalue weighted by atomic mass is 9.62. The molecule has 0 spiro atoms. The van der Waals surface area contributed by atoms with Crippen molar-refractivity contribution in [3.63, 3.8) is 0 Å². The Hall–Kier alpha value is -3.32. The van der Waals surface area contributed by atoms with Gasteiger partial charge in [-0.1, -0.05) is 45.9 Å². The summed E-state index contributed by atoms with van der Waals surface area (Å²) in [5.41, 5.74) is 5.80. The predicted molar refractivity (Wildman–Crippen MR) is 161 cm³/mol. The molecule has 1 saturated heterocycles. The Morgan fingerprint density at radius 1 is 0.975 bits per heavy atom. The summed E-state index contributed by atoms with van der Waals surface area (Å²) < 4.78 is 11.6. The second-order valence-corrected chi connectivity index (χ2v) is 12.6. The highest BCUT2D eigenvalue weighted by Gasteiger charge is 2.37. The number of rotatable bonds is 10. The van der Waals surface area contributed by atoms with Gasteiger partial charge in [0.1, 0.15) is 17.4 Å². The Kier molecular flexibility index (Phi) is 8.22. The fourth-order valence-electron chi connectivity index (χ4n) is 5.85. The summed E-state index contributed by atoms with van der Waals surface area (Å²) in [6.45, 7) is 14.2. The lowest BCUT2D eigenvalue weighted by Gasteiger charge is -2.42. The minimum absolute atomic E-state index is 0.160. The average Bonchev–Trinajstić information content (AvgIpc) is 3.62. The van der Waals surface area contributed by atoms with Crippen LogP contribution < -0.4 is 16.0 Å². The quantitative estimate of drug-likeness (QED) is 0.258. The normalized spacial score (nSPS) is 19.2. The minimum Gasteiger partial charge on any atom is -0.456 e. The molecule has 0 saturated carbocycles. The SMILES string of the molecule is Cc1cc2c(cc1Cc1ccc(C(=O)NCCNc3cccc(NCC4CCCO4)n3)o1)C(C)(C)CCC2(C)C. The molecule has 5 rings (SSSR count). The predicted octanol–water partition coefficient (Wildman–Crippen LogP) is 6.36. The Morgan fingerprint density at radius 3 is 2.42 bits per heavy atom. The first-order chi connectivity index (χ1) is 19.1. The van der Waals surface area contributed by atoms with E-state index in [-0.39, 0.29) is 22.8 Å². The number of hydrogen-bond acceptors (Lipinski definition) is 6. The molecule has 1 aliphatic heterocycles. The fourth-order valence-corrected chi connectivity index (χ4v) is 5.85. The van der Waals surface area contributed by atoms with Crippen molar-refractivity contribution < 1.29 is 13.9 Å². The molecule has 0 radical (unpaired) electrons. The number of aromatic nitrogens is 1. The van der Waals surface area contributed by atoms with Crippen LogP contribution in [-0.2, 0) is 22.0 Å². The molecular formula is C33H44N4O3. The third-order valence-electron chi connectivity index (χ3n) is 8.56. The molecule has 1 aromatic carbocycles. The first-order valence-corrected chi connectivity index (χ1v) is 14.7. The maximum atomic E-state index is 12.7. The first kappa shape index (κ1) is 28.2. The molecule has 1 amide bonds. The van der Waals surface area contributed by atoms with Gasteiger partial charge in [0, 0.05) is 32.7 Å². The maximum Gasteiger partial charge on any atom is 0.287 e. The van der Waals surface area contributed by atoms with Gasteiger partial charge in [-0.3, -0.25) is 4.79 Å². The van der Waals surface area contributed by atoms with Crippen LogP contribution in [0.15, 0.2) is 46.9 Å². The molecule has 1 fully saturated rings. The van der Waals surface area contributed by atoms with Crippen molar-refractivity contribution in [3.05, 3.63) is 76.2 Å². The highest BCUT2D eigenvalue weighted by molar-refractivity contribution is 5.91. The van der Waals surface area contributed by atoms with Crippen LogP contribution in [0.1, 0.15) is 91.9 Å². The summed E-state index contributed by atoms with van der Waals surface area (Å²) in [7, 11) is 0. The van der Waals surface area contributed by atoms with Crippen molar-refractivity contribution in [2.45, 2.75) is 83.7 Å². The molecule has 1 atom stereocenters. The molecule has 7 nitrogen and oxygen atoms in total. The van der Waals surface area contributed by atoms with Gasteiger partial charge >= 0.3 is 0 Å². The minimum atomic E-state index is -0.210. The van der Waals surface area contributed by atoms with E-state index in [2.05, 4.69) is 67.7 Å². The molecular weight excluding hydrogens is 500 g/mol. The molecule has 7 heteroatoms. The first-order valence-electron chi connectivity index (χ1n) is 14.7. The molecule has 3 N–H and O–H groups in total. The maximum absolute atomic E-state index is 12.7. The van der Waals surface area contributed by atoms with E-state index in [1.807, 2.05) is 24.3 Å². The van der Waals surface area contributed by atoms with Crippen molar-refractivity contribution >= 4 is 17.5 Å². The van der Waals surface area contributed by atoms with Crippen LogP contribution in [0.2, 0.25) is 0 Å². The van der Waals surface area contributed by atoms with Gasteiger partial charge < -0.3 is 25.1 Å². The van der Waals surface area contributed by atoms with E-state index in [1.54, 1.807) is 6.07 Å². The summed E-state index contributed by atoms with van der Waals surface area (Å²) in [5.74, 6) is 2.51. The number of ether oxygens (including phenoxy) is 1. The van der Waals surface area contributed by atoms with Crippen molar-refractivity contribution in [2.24, 2.45) is 0 Å². The molecule has 3 heterocycles. The Labute approximate surface area is 238 Å². The molecule has 0 bridgehead atoms. The van der Waals surface area contributed by atoms with Gasteiger partial charge in [-0.25, -0.2) is 4.98 Å². The van der Waals surface area contributed by atoms with Gasteiger partial charge in [0.25, 0.3) is 5.91 Å². The third-order valence-corrected chi connectivity index (χ3v) is 8.56. The number of furan rings is 1. The van der Waals surface area contributed by atoms with E-state index in [9.17, 15) is 4.79 Å². The van der Waals surface area contributed by atoms with Gasteiger partial charge in [0.2, 0.25) is 0 Å². The van der Waals surface area contributed by atoms with E-state index in [0.717, 1.165) is 43.4 Å². The van der Waals surface area contributed by atoms with E-state index in [0.29, 0.717) is 25.3 Å². The van der Waals surface area contributed by atoms with Crippen molar-refractivity contribution in [3.8, 4) is 0 Å². The van der Waals surface area contributed by atoms with Gasteiger partial charge in [-0.15, -0.1) is 0 Å². The zero-order valence-corrected chi connectivity index (χ0v) is 24.7. The van der Waals surface area contributed by atoms with Gasteiger partial charge in [0.15, 0.2) is 5.76 Å². The summed E-state index contributed by atoms with van der Waals surface area (Å²) >= 11 is 0. The number of anilines is 2. The number of carbonyl (C=O) groups is 1. The molecule has 2 aromatic heterocycles. The number of hydrogen-bond donors (Lipinski definition) is 3. The standard InChI is InChI=1S/C33H44N4O3/c1-22-18-26-27(33(4,5)14-13-32(26,2)3)20-23(22)19-24-11-12-28(40-24)31(38)35-16-15-34-29-9-6-10-30(37-29)36-21-25-8-7-17-39-25/h6,9-12,18,20,25H,7-8,13-17,19,21H2,1-5H3,(H,35,38)(H2,34,36,37). The zero-order chi connectivity index (χ0) is 28.3. The number of nitrogens with one attached hydrogen (secondary N) is 3. The largest absolute Gasteiger partial charge is 0.456 e. The van der Waals surface area contributed by atoms with Crippen LogP contribution in [-0.4, -0.2) is 43.2 Å². The van der Waals surface area contributed by atoms with Crippen LogP contribution in [0, 0.1) is 6.92 Å². The van der Waals surface area contributed by atoms with Gasteiger partial charge in [-0.2, -0.15) is 0 Å². The number of benzene rings is 1. The molecule has 1 aliphatic carbocycles. The van der Waals surface area contributed by atoms with E-state index in [1.165, 1.54) is 35.1 Å². The fraction of sp³-hybridized carbons (Fsp3) is 0.515. The third kappa shape index (κ3) is 6.52. The summed E-state index contributed by atoms with van der Waals surface area (Å²) in [6.07, 6.45) is 5.53.